The third-order valence-electron chi connectivity index (χ3n) is 6.07. The van der Waals surface area contributed by atoms with Gasteiger partial charge in [-0.2, -0.15) is 5.10 Å². The third-order valence-corrected chi connectivity index (χ3v) is 6.36. The lowest BCUT2D eigenvalue weighted by atomic mass is 9.82. The maximum atomic E-state index is 14.4. The molecule has 2 N–H and O–H groups in total. The topological polar surface area (TPSA) is 100 Å². The predicted octanol–water partition coefficient (Wildman–Crippen LogP) is 4.85. The number of H-pyrrole nitrogens is 1. The Kier molecular flexibility index (Phi) is 7.65. The lowest BCUT2D eigenvalue weighted by Crippen LogP contribution is -2.41. The van der Waals surface area contributed by atoms with E-state index in [-0.39, 0.29) is 29.1 Å². The molecule has 35 heavy (non-hydrogen) atoms. The number of nitrogens with one attached hydrogen (secondary N) is 2. The molecule has 1 saturated heterocycles. The average Bonchev–Trinajstić information content (AvgIpc) is 3.26. The van der Waals surface area contributed by atoms with Gasteiger partial charge in [-0.25, -0.2) is 9.37 Å². The second-order valence-electron chi connectivity index (χ2n) is 8.47. The summed E-state index contributed by atoms with van der Waals surface area (Å²) in [6.45, 7) is 4.69. The third kappa shape index (κ3) is 5.62. The maximum absolute atomic E-state index is 14.4. The molecule has 1 aliphatic rings. The Hall–Kier alpha value is -3.46. The van der Waals surface area contributed by atoms with E-state index in [1.165, 1.54) is 12.1 Å². The first-order valence-electron chi connectivity index (χ1n) is 11.5. The fraction of sp³-hybridized carbons (Fsp3) is 0.360. The number of anilines is 2. The average molecular weight is 500 g/mol. The number of likely N-dealkylation sites (tertiary alicyclic amines) is 1. The van der Waals surface area contributed by atoms with Gasteiger partial charge < -0.3 is 15.0 Å². The molecule has 0 radical (unpaired) electrons. The summed E-state index contributed by atoms with van der Waals surface area (Å²) in [6.07, 6.45) is 1.10. The zero-order valence-electron chi connectivity index (χ0n) is 19.6. The van der Waals surface area contributed by atoms with Gasteiger partial charge in [0.15, 0.2) is 11.6 Å². The van der Waals surface area contributed by atoms with Gasteiger partial charge in [0.05, 0.1) is 22.9 Å². The van der Waals surface area contributed by atoms with E-state index in [0.717, 1.165) is 5.69 Å². The molecule has 8 nitrogen and oxygen atoms in total. The fourth-order valence-corrected chi connectivity index (χ4v) is 4.54. The standard InChI is InChI=1S/C25H27ClFN5O3/c1-3-35-25(34)22(19-8-5-9-20(28-19)29-21-14-15(2)30-31-21)16-10-12-32(13-11-16)24(33)17-6-4-7-18(26)23(17)27/h4-9,14,16,22H,3,10-13H2,1-2H3,(H2,28,29,30,31)/t22-/m0/s1. The van der Waals surface area contributed by atoms with Crippen LogP contribution in [-0.2, 0) is 9.53 Å². The maximum Gasteiger partial charge on any atom is 0.315 e. The number of benzene rings is 1. The van der Waals surface area contributed by atoms with Crippen LogP contribution in [0.4, 0.5) is 16.0 Å². The highest BCUT2D eigenvalue weighted by atomic mass is 35.5. The number of halogens is 2. The molecule has 1 amide bonds. The Labute approximate surface area is 207 Å². The number of amides is 1. The summed E-state index contributed by atoms with van der Waals surface area (Å²) in [5.41, 5.74) is 1.45. The molecule has 0 aliphatic carbocycles. The van der Waals surface area contributed by atoms with Crippen LogP contribution in [-0.4, -0.2) is 51.7 Å². The molecule has 1 aromatic carbocycles. The van der Waals surface area contributed by atoms with E-state index in [4.69, 9.17) is 16.3 Å². The summed E-state index contributed by atoms with van der Waals surface area (Å²) in [5, 5.41) is 10.1. The number of aryl methyl sites for hydroxylation is 1. The molecule has 1 atom stereocenters. The smallest absolute Gasteiger partial charge is 0.315 e. The summed E-state index contributed by atoms with van der Waals surface area (Å²) in [4.78, 5) is 32.1. The van der Waals surface area contributed by atoms with Crippen LogP contribution in [0.3, 0.4) is 0 Å². The van der Waals surface area contributed by atoms with Crippen molar-refractivity contribution in [2.75, 3.05) is 25.0 Å². The number of hydrogen-bond acceptors (Lipinski definition) is 6. The minimum Gasteiger partial charge on any atom is -0.465 e. The van der Waals surface area contributed by atoms with Gasteiger partial charge in [0.1, 0.15) is 11.7 Å². The van der Waals surface area contributed by atoms with Gasteiger partial charge in [-0.15, -0.1) is 0 Å². The minimum atomic E-state index is -0.716. The van der Waals surface area contributed by atoms with Gasteiger partial charge in [0.25, 0.3) is 5.91 Å². The van der Waals surface area contributed by atoms with Crippen molar-refractivity contribution in [3.63, 3.8) is 0 Å². The highest BCUT2D eigenvalue weighted by Gasteiger charge is 2.36. The van der Waals surface area contributed by atoms with Crippen molar-refractivity contribution >= 4 is 35.1 Å². The van der Waals surface area contributed by atoms with Gasteiger partial charge in [-0.3, -0.25) is 14.7 Å². The van der Waals surface area contributed by atoms with Crippen molar-refractivity contribution in [3.8, 4) is 0 Å². The van der Waals surface area contributed by atoms with Crippen LogP contribution >= 0.6 is 11.6 Å². The lowest BCUT2D eigenvalue weighted by molar-refractivity contribution is -0.147. The van der Waals surface area contributed by atoms with Crippen LogP contribution in [0.15, 0.2) is 42.5 Å². The van der Waals surface area contributed by atoms with Crippen LogP contribution in [0.2, 0.25) is 5.02 Å². The molecule has 0 saturated carbocycles. The second-order valence-corrected chi connectivity index (χ2v) is 8.88. The highest BCUT2D eigenvalue weighted by Crippen LogP contribution is 2.34. The summed E-state index contributed by atoms with van der Waals surface area (Å²) in [5.74, 6) is -0.956. The SMILES string of the molecule is CCOC(=O)[C@H](c1cccc(Nc2cc(C)[nH]n2)n1)C1CCN(C(=O)c2cccc(Cl)c2F)CC1. The van der Waals surface area contributed by atoms with E-state index >= 15 is 0 Å². The molecular formula is C25H27ClFN5O3. The number of aromatic nitrogens is 3. The zero-order valence-corrected chi connectivity index (χ0v) is 20.3. The molecule has 1 fully saturated rings. The monoisotopic (exact) mass is 499 g/mol. The predicted molar refractivity (Wildman–Crippen MR) is 130 cm³/mol. The van der Waals surface area contributed by atoms with Gasteiger partial charge in [0.2, 0.25) is 0 Å². The van der Waals surface area contributed by atoms with E-state index in [9.17, 15) is 14.0 Å². The normalized spacial score (nSPS) is 15.0. The Morgan fingerprint density at radius 1 is 1.23 bits per heavy atom. The number of carbonyl (C=O) groups is 2. The lowest BCUT2D eigenvalue weighted by Gasteiger charge is -2.35. The number of aromatic amines is 1. The highest BCUT2D eigenvalue weighted by molar-refractivity contribution is 6.31. The van der Waals surface area contributed by atoms with E-state index in [0.29, 0.717) is 43.3 Å². The Bertz CT molecular complexity index is 1210. The summed E-state index contributed by atoms with van der Waals surface area (Å²) in [6, 6.07) is 11.7. The van der Waals surface area contributed by atoms with Crippen molar-refractivity contribution in [1.29, 1.82) is 0 Å². The number of esters is 1. The molecule has 10 heteroatoms. The molecule has 4 rings (SSSR count). The molecule has 2 aromatic heterocycles. The Morgan fingerprint density at radius 3 is 2.66 bits per heavy atom. The second kappa shape index (κ2) is 10.9. The molecule has 0 bridgehead atoms. The number of rotatable bonds is 7. The van der Waals surface area contributed by atoms with Gasteiger partial charge in [0, 0.05) is 24.8 Å². The minimum absolute atomic E-state index is 0.0491. The van der Waals surface area contributed by atoms with Crippen molar-refractivity contribution < 1.29 is 18.7 Å². The van der Waals surface area contributed by atoms with Gasteiger partial charge >= 0.3 is 5.97 Å². The van der Waals surface area contributed by atoms with Crippen LogP contribution in [0, 0.1) is 18.7 Å². The molecule has 184 valence electrons. The van der Waals surface area contributed by atoms with Crippen molar-refractivity contribution in [3.05, 3.63) is 70.3 Å². The van der Waals surface area contributed by atoms with E-state index in [2.05, 4.69) is 20.5 Å². The number of nitrogens with zero attached hydrogens (tertiary/aromatic N) is 3. The first kappa shape index (κ1) is 24.7. The summed E-state index contributed by atoms with van der Waals surface area (Å²) >= 11 is 5.84. The first-order valence-corrected chi connectivity index (χ1v) is 11.9. The number of carbonyl (C=O) groups excluding carboxylic acids is 2. The van der Waals surface area contributed by atoms with E-state index in [1.807, 2.05) is 19.1 Å². The number of ether oxygens (including phenoxy) is 1. The van der Waals surface area contributed by atoms with Gasteiger partial charge in [-0.05, 0) is 56.9 Å². The van der Waals surface area contributed by atoms with Crippen molar-refractivity contribution in [2.24, 2.45) is 5.92 Å². The molecule has 0 unspecified atom stereocenters. The van der Waals surface area contributed by atoms with E-state index < -0.39 is 17.6 Å². The summed E-state index contributed by atoms with van der Waals surface area (Å²) < 4.78 is 19.7. The molecule has 3 heterocycles. The largest absolute Gasteiger partial charge is 0.465 e. The van der Waals surface area contributed by atoms with Crippen LogP contribution < -0.4 is 5.32 Å². The fourth-order valence-electron chi connectivity index (χ4n) is 4.37. The van der Waals surface area contributed by atoms with Crippen LogP contribution in [0.25, 0.3) is 0 Å². The van der Waals surface area contributed by atoms with E-state index in [1.54, 1.807) is 30.0 Å². The number of pyridine rings is 1. The summed E-state index contributed by atoms with van der Waals surface area (Å²) in [7, 11) is 0. The van der Waals surface area contributed by atoms with Gasteiger partial charge in [-0.1, -0.05) is 23.7 Å². The number of piperidine rings is 1. The number of hydrogen-bond donors (Lipinski definition) is 2. The Morgan fingerprint density at radius 2 is 1.97 bits per heavy atom. The van der Waals surface area contributed by atoms with Crippen molar-refractivity contribution in [2.45, 2.75) is 32.6 Å². The Balaban J connectivity index is 1.50. The molecular weight excluding hydrogens is 473 g/mol. The van der Waals surface area contributed by atoms with Crippen LogP contribution in [0.5, 0.6) is 0 Å². The first-order chi connectivity index (χ1) is 16.9. The quantitative estimate of drug-likeness (QED) is 0.451. The van der Waals surface area contributed by atoms with Crippen molar-refractivity contribution in [1.82, 2.24) is 20.1 Å². The zero-order chi connectivity index (χ0) is 24.9. The molecule has 3 aromatic rings. The molecule has 1 aliphatic heterocycles. The molecule has 0 spiro atoms. The van der Waals surface area contributed by atoms with Crippen LogP contribution in [0.1, 0.15) is 47.4 Å².